The topological polar surface area (TPSA) is 59.0 Å². The Morgan fingerprint density at radius 1 is 1.25 bits per heavy atom. The Morgan fingerprint density at radius 2 is 1.96 bits per heavy atom. The second-order valence-electron chi connectivity index (χ2n) is 7.01. The van der Waals surface area contributed by atoms with E-state index in [2.05, 4.69) is 28.9 Å². The second-order valence-corrected chi connectivity index (χ2v) is 8.21. The highest BCUT2D eigenvalue weighted by atomic mass is 35.5. The summed E-state index contributed by atoms with van der Waals surface area (Å²) in [4.78, 5) is 16.8. The molecule has 3 rings (SSSR count). The van der Waals surface area contributed by atoms with Gasteiger partial charge in [-0.25, -0.2) is 9.37 Å². The normalized spacial score (nSPS) is 11.2. The van der Waals surface area contributed by atoms with Crippen molar-refractivity contribution in [1.82, 2.24) is 9.55 Å². The van der Waals surface area contributed by atoms with Crippen LogP contribution in [0.3, 0.4) is 0 Å². The first-order chi connectivity index (χ1) is 13.3. The van der Waals surface area contributed by atoms with Crippen LogP contribution < -0.4 is 15.6 Å². The molecular weight excluding hydrogens is 399 g/mol. The molecule has 0 bridgehead atoms. The molecule has 28 heavy (non-hydrogen) atoms. The van der Waals surface area contributed by atoms with E-state index in [1.165, 1.54) is 28.9 Å². The lowest BCUT2D eigenvalue weighted by Gasteiger charge is -2.16. The van der Waals surface area contributed by atoms with Crippen LogP contribution in [0.2, 0.25) is 5.02 Å². The van der Waals surface area contributed by atoms with Gasteiger partial charge in [0.05, 0.1) is 33.6 Å². The minimum Gasteiger partial charge on any atom is -0.352 e. The molecule has 0 aliphatic rings. The summed E-state index contributed by atoms with van der Waals surface area (Å²) in [6.45, 7) is 6.05. The van der Waals surface area contributed by atoms with E-state index in [1.807, 2.05) is 0 Å². The lowest BCUT2D eigenvalue weighted by Crippen LogP contribution is -2.18. The molecule has 0 radical (unpaired) electrons. The highest BCUT2D eigenvalue weighted by molar-refractivity contribution is 8.00. The average molecular weight is 421 g/mol. The quantitative estimate of drug-likeness (QED) is 0.516. The van der Waals surface area contributed by atoms with Gasteiger partial charge in [-0.15, -0.1) is 0 Å². The maximum atomic E-state index is 14.5. The summed E-state index contributed by atoms with van der Waals surface area (Å²) in [6, 6.07) is 6.48. The third kappa shape index (κ3) is 4.10. The summed E-state index contributed by atoms with van der Waals surface area (Å²) < 4.78 is 19.1. The molecule has 0 atom stereocenters. The molecule has 0 aliphatic heterocycles. The summed E-state index contributed by atoms with van der Waals surface area (Å²) in [5.41, 5.74) is 2.53. The van der Waals surface area contributed by atoms with Gasteiger partial charge in [0.25, 0.3) is 5.56 Å². The van der Waals surface area contributed by atoms with Crippen molar-refractivity contribution in [1.29, 1.82) is 0 Å². The van der Waals surface area contributed by atoms with Crippen LogP contribution in [0.25, 0.3) is 10.9 Å². The smallest absolute Gasteiger partial charge is 0.261 e. The number of rotatable bonds is 6. The molecule has 0 saturated heterocycles. The zero-order valence-corrected chi connectivity index (χ0v) is 17.7. The van der Waals surface area contributed by atoms with E-state index in [1.54, 1.807) is 32.2 Å². The van der Waals surface area contributed by atoms with Crippen LogP contribution >= 0.6 is 23.5 Å². The molecule has 8 heteroatoms. The zero-order valence-electron chi connectivity index (χ0n) is 16.1. The maximum absolute atomic E-state index is 14.5. The van der Waals surface area contributed by atoms with Gasteiger partial charge in [0.15, 0.2) is 0 Å². The molecule has 0 aliphatic carbocycles. The third-order valence-electron chi connectivity index (χ3n) is 4.30. The Balaban J connectivity index is 1.98. The number of nitrogens with one attached hydrogen (secondary N) is 2. The molecule has 2 N–H and O–H groups in total. The molecule has 0 spiro atoms. The van der Waals surface area contributed by atoms with Crippen molar-refractivity contribution in [3.05, 3.63) is 57.3 Å². The monoisotopic (exact) mass is 420 g/mol. The van der Waals surface area contributed by atoms with E-state index >= 15 is 0 Å². The van der Waals surface area contributed by atoms with E-state index in [4.69, 9.17) is 11.6 Å². The average Bonchev–Trinajstić information content (AvgIpc) is 2.65. The van der Waals surface area contributed by atoms with Crippen molar-refractivity contribution in [3.8, 4) is 0 Å². The van der Waals surface area contributed by atoms with Gasteiger partial charge in [-0.3, -0.25) is 4.79 Å². The predicted octanol–water partition coefficient (Wildman–Crippen LogP) is 5.49. The lowest BCUT2D eigenvalue weighted by atomic mass is 10.1. The van der Waals surface area contributed by atoms with Gasteiger partial charge in [0, 0.05) is 18.5 Å². The molecule has 5 nitrogen and oxygen atoms in total. The predicted molar refractivity (Wildman–Crippen MR) is 117 cm³/mol. The SMILES string of the molecule is Cc1c(Nc2c(F)ccc(NSCC(C)C)c2Cl)ccc2ncn(C)c(=O)c12. The van der Waals surface area contributed by atoms with Crippen molar-refractivity contribution >= 4 is 51.5 Å². The van der Waals surface area contributed by atoms with Crippen LogP contribution in [0.4, 0.5) is 21.5 Å². The molecule has 0 fully saturated rings. The highest BCUT2D eigenvalue weighted by Crippen LogP contribution is 2.37. The Hall–Kier alpha value is -2.25. The Labute approximate surface area is 172 Å². The number of fused-ring (bicyclic) bond motifs is 1. The van der Waals surface area contributed by atoms with Crippen molar-refractivity contribution in [2.45, 2.75) is 20.8 Å². The first kappa shape index (κ1) is 20.5. The Morgan fingerprint density at radius 3 is 2.68 bits per heavy atom. The molecule has 1 heterocycles. The van der Waals surface area contributed by atoms with Gasteiger partial charge in [-0.1, -0.05) is 37.4 Å². The Bertz CT molecular complexity index is 1080. The Kier molecular flexibility index (Phi) is 6.15. The highest BCUT2D eigenvalue weighted by Gasteiger charge is 2.15. The molecule has 0 unspecified atom stereocenters. The molecule has 148 valence electrons. The molecule has 1 aromatic heterocycles. The van der Waals surface area contributed by atoms with Gasteiger partial charge < -0.3 is 14.6 Å². The number of hydrogen-bond acceptors (Lipinski definition) is 5. The van der Waals surface area contributed by atoms with Gasteiger partial charge >= 0.3 is 0 Å². The number of halogens is 2. The van der Waals surface area contributed by atoms with Crippen LogP contribution in [-0.4, -0.2) is 15.3 Å². The summed E-state index contributed by atoms with van der Waals surface area (Å²) in [5.74, 6) is 0.949. The van der Waals surface area contributed by atoms with Crippen LogP contribution in [0, 0.1) is 18.7 Å². The number of aryl methyl sites for hydroxylation is 2. The number of nitrogens with zero attached hydrogens (tertiary/aromatic N) is 2. The molecular formula is C20H22ClFN4OS. The number of benzene rings is 2. The zero-order chi connectivity index (χ0) is 20.4. The van der Waals surface area contributed by atoms with E-state index in [-0.39, 0.29) is 16.3 Å². The fourth-order valence-corrected chi connectivity index (χ4v) is 3.80. The number of hydrogen-bond donors (Lipinski definition) is 2. The van der Waals surface area contributed by atoms with Crippen LogP contribution in [0.5, 0.6) is 0 Å². The van der Waals surface area contributed by atoms with Crippen LogP contribution in [0.1, 0.15) is 19.4 Å². The van der Waals surface area contributed by atoms with Crippen LogP contribution in [-0.2, 0) is 7.05 Å². The van der Waals surface area contributed by atoms with E-state index in [0.717, 1.165) is 5.75 Å². The van der Waals surface area contributed by atoms with Crippen molar-refractivity contribution in [2.75, 3.05) is 15.8 Å². The largest absolute Gasteiger partial charge is 0.352 e. The minimum absolute atomic E-state index is 0.154. The van der Waals surface area contributed by atoms with Crippen molar-refractivity contribution in [2.24, 2.45) is 13.0 Å². The summed E-state index contributed by atoms with van der Waals surface area (Å²) >= 11 is 7.97. The van der Waals surface area contributed by atoms with Crippen molar-refractivity contribution < 1.29 is 4.39 Å². The lowest BCUT2D eigenvalue weighted by molar-refractivity contribution is 0.632. The number of anilines is 3. The van der Waals surface area contributed by atoms with E-state index in [0.29, 0.717) is 33.8 Å². The van der Waals surface area contributed by atoms with Gasteiger partial charge in [0.1, 0.15) is 5.82 Å². The summed E-state index contributed by atoms with van der Waals surface area (Å²) in [7, 11) is 1.65. The summed E-state index contributed by atoms with van der Waals surface area (Å²) in [5, 5.41) is 3.81. The van der Waals surface area contributed by atoms with E-state index in [9.17, 15) is 9.18 Å². The molecule has 2 aromatic carbocycles. The minimum atomic E-state index is -0.469. The molecule has 0 saturated carbocycles. The third-order valence-corrected chi connectivity index (χ3v) is 5.89. The van der Waals surface area contributed by atoms with Gasteiger partial charge in [0.2, 0.25) is 0 Å². The van der Waals surface area contributed by atoms with Crippen molar-refractivity contribution in [3.63, 3.8) is 0 Å². The second kappa shape index (κ2) is 8.41. The van der Waals surface area contributed by atoms with E-state index < -0.39 is 5.82 Å². The van der Waals surface area contributed by atoms with Gasteiger partial charge in [-0.2, -0.15) is 0 Å². The fraction of sp³-hybridized carbons (Fsp3) is 0.300. The molecule has 3 aromatic rings. The summed E-state index contributed by atoms with van der Waals surface area (Å²) in [6.07, 6.45) is 1.48. The maximum Gasteiger partial charge on any atom is 0.261 e. The fourth-order valence-electron chi connectivity index (χ4n) is 2.75. The van der Waals surface area contributed by atoms with Crippen LogP contribution in [0.15, 0.2) is 35.4 Å². The first-order valence-electron chi connectivity index (χ1n) is 8.87. The first-order valence-corrected chi connectivity index (χ1v) is 10.2. The molecule has 0 amide bonds. The van der Waals surface area contributed by atoms with Gasteiger partial charge in [-0.05, 0) is 42.7 Å². The number of aromatic nitrogens is 2. The standard InChI is InChI=1S/C20H22ClFN4OS/c1-11(2)9-28-25-16-6-5-13(22)19(18(16)21)24-14-7-8-15-17(12(14)3)20(27)26(4)10-23-15/h5-8,10-11,24-25H,9H2,1-4H3.